The number of hydrogen-bond donors (Lipinski definition) is 1. The summed E-state index contributed by atoms with van der Waals surface area (Å²) in [6, 6.07) is 0. The fourth-order valence-corrected chi connectivity index (χ4v) is 1.43. The third-order valence-corrected chi connectivity index (χ3v) is 2.60. The van der Waals surface area contributed by atoms with Crippen LogP contribution in [0, 0.1) is 0 Å². The summed E-state index contributed by atoms with van der Waals surface area (Å²) in [5.74, 6) is -0.383. The fraction of sp³-hybridized carbons (Fsp3) is 0.800. The molecule has 0 aromatic heterocycles. The summed E-state index contributed by atoms with van der Waals surface area (Å²) < 4.78 is 5.05. The van der Waals surface area contributed by atoms with Crippen molar-refractivity contribution in [3.8, 4) is 0 Å². The number of imide groups is 1. The van der Waals surface area contributed by atoms with E-state index in [9.17, 15) is 9.59 Å². The molecule has 0 aliphatic carbocycles. The van der Waals surface area contributed by atoms with Crippen molar-refractivity contribution >= 4 is 11.8 Å². The van der Waals surface area contributed by atoms with Crippen LogP contribution in [0.15, 0.2) is 0 Å². The number of piperazine rings is 1. The number of rotatable bonds is 3. The van der Waals surface area contributed by atoms with Crippen LogP contribution in [-0.2, 0) is 14.3 Å². The molecule has 0 spiro atoms. The highest BCUT2D eigenvalue weighted by molar-refractivity contribution is 6.03. The first-order chi connectivity index (χ1) is 6.88. The molecule has 1 atom stereocenters. The van der Waals surface area contributed by atoms with Gasteiger partial charge in [-0.05, 0) is 20.8 Å². The van der Waals surface area contributed by atoms with E-state index in [1.54, 1.807) is 21.0 Å². The monoisotopic (exact) mass is 214 g/mol. The number of nitrogens with one attached hydrogen (secondary N) is 1. The van der Waals surface area contributed by atoms with Crippen LogP contribution < -0.4 is 5.32 Å². The van der Waals surface area contributed by atoms with Crippen molar-refractivity contribution in [1.82, 2.24) is 10.2 Å². The van der Waals surface area contributed by atoms with Crippen molar-refractivity contribution in [2.75, 3.05) is 20.2 Å². The van der Waals surface area contributed by atoms with E-state index in [-0.39, 0.29) is 24.5 Å². The van der Waals surface area contributed by atoms with Crippen LogP contribution in [0.2, 0.25) is 0 Å². The molecule has 0 aromatic rings. The summed E-state index contributed by atoms with van der Waals surface area (Å²) in [7, 11) is 1.56. The minimum absolute atomic E-state index is 0.133. The zero-order chi connectivity index (χ0) is 11.6. The summed E-state index contributed by atoms with van der Waals surface area (Å²) >= 11 is 0. The van der Waals surface area contributed by atoms with Gasteiger partial charge in [0.25, 0.3) is 0 Å². The van der Waals surface area contributed by atoms with Crippen LogP contribution in [0.5, 0.6) is 0 Å². The van der Waals surface area contributed by atoms with Gasteiger partial charge in [-0.15, -0.1) is 0 Å². The van der Waals surface area contributed by atoms with Crippen molar-refractivity contribution in [1.29, 1.82) is 0 Å². The molecule has 1 unspecified atom stereocenters. The van der Waals surface area contributed by atoms with Gasteiger partial charge in [-0.1, -0.05) is 0 Å². The zero-order valence-corrected chi connectivity index (χ0v) is 9.66. The van der Waals surface area contributed by atoms with E-state index in [4.69, 9.17) is 4.74 Å². The Hall–Kier alpha value is -0.940. The topological polar surface area (TPSA) is 58.6 Å². The van der Waals surface area contributed by atoms with E-state index >= 15 is 0 Å². The number of ether oxygens (including phenoxy) is 1. The maximum atomic E-state index is 11.9. The number of carbonyl (C=O) groups is 2. The molecule has 86 valence electrons. The van der Waals surface area contributed by atoms with Crippen molar-refractivity contribution in [2.45, 2.75) is 32.4 Å². The zero-order valence-electron chi connectivity index (χ0n) is 9.66. The first kappa shape index (κ1) is 12.1. The predicted octanol–water partition coefficient (Wildman–Crippen LogP) is -0.242. The van der Waals surface area contributed by atoms with Crippen LogP contribution in [0.1, 0.15) is 20.8 Å². The van der Waals surface area contributed by atoms with Gasteiger partial charge in [0.15, 0.2) is 0 Å². The lowest BCUT2D eigenvalue weighted by Gasteiger charge is -2.37. The Morgan fingerprint density at radius 3 is 2.67 bits per heavy atom. The standard InChI is InChI=1S/C10H18N2O3/c1-7(15-4)6-12-8(13)5-11-10(2,3)9(12)14/h7,11H,5-6H2,1-4H3. The predicted molar refractivity (Wildman–Crippen MR) is 55.3 cm³/mol. The molecule has 1 heterocycles. The van der Waals surface area contributed by atoms with Gasteiger partial charge in [-0.2, -0.15) is 0 Å². The Kier molecular flexibility index (Phi) is 3.46. The average molecular weight is 214 g/mol. The van der Waals surface area contributed by atoms with Crippen molar-refractivity contribution in [3.63, 3.8) is 0 Å². The van der Waals surface area contributed by atoms with Crippen molar-refractivity contribution < 1.29 is 14.3 Å². The highest BCUT2D eigenvalue weighted by atomic mass is 16.5. The molecule has 1 aliphatic heterocycles. The second-order valence-corrected chi connectivity index (χ2v) is 4.33. The maximum absolute atomic E-state index is 11.9. The fourth-order valence-electron chi connectivity index (χ4n) is 1.43. The van der Waals surface area contributed by atoms with Crippen LogP contribution in [0.25, 0.3) is 0 Å². The van der Waals surface area contributed by atoms with Crippen LogP contribution >= 0.6 is 0 Å². The van der Waals surface area contributed by atoms with E-state index < -0.39 is 5.54 Å². The van der Waals surface area contributed by atoms with Gasteiger partial charge in [0, 0.05) is 7.11 Å². The SMILES string of the molecule is COC(C)CN1C(=O)CNC(C)(C)C1=O. The van der Waals surface area contributed by atoms with Crippen molar-refractivity contribution in [3.05, 3.63) is 0 Å². The average Bonchev–Trinajstić information content (AvgIpc) is 2.19. The molecule has 2 amide bonds. The van der Waals surface area contributed by atoms with Crippen molar-refractivity contribution in [2.24, 2.45) is 0 Å². The minimum Gasteiger partial charge on any atom is -0.380 e. The second kappa shape index (κ2) is 4.28. The third kappa shape index (κ3) is 2.54. The smallest absolute Gasteiger partial charge is 0.249 e. The van der Waals surface area contributed by atoms with Gasteiger partial charge >= 0.3 is 0 Å². The molecular formula is C10H18N2O3. The Morgan fingerprint density at radius 1 is 1.53 bits per heavy atom. The second-order valence-electron chi connectivity index (χ2n) is 4.33. The summed E-state index contributed by atoms with van der Waals surface area (Å²) in [4.78, 5) is 24.7. The molecule has 1 fully saturated rings. The van der Waals surface area contributed by atoms with Gasteiger partial charge < -0.3 is 4.74 Å². The molecule has 5 nitrogen and oxygen atoms in total. The third-order valence-electron chi connectivity index (χ3n) is 2.60. The van der Waals surface area contributed by atoms with Gasteiger partial charge in [0.1, 0.15) is 0 Å². The lowest BCUT2D eigenvalue weighted by Crippen LogP contribution is -2.64. The summed E-state index contributed by atoms with van der Waals surface area (Å²) in [5.41, 5.74) is -0.665. The van der Waals surface area contributed by atoms with Crippen LogP contribution in [0.3, 0.4) is 0 Å². The quantitative estimate of drug-likeness (QED) is 0.659. The number of carbonyl (C=O) groups excluding carboxylic acids is 2. The Labute approximate surface area is 89.8 Å². The highest BCUT2D eigenvalue weighted by Crippen LogP contribution is 2.13. The Balaban J connectivity index is 2.75. The molecule has 0 saturated carbocycles. The molecule has 0 radical (unpaired) electrons. The van der Waals surface area contributed by atoms with E-state index in [1.165, 1.54) is 4.90 Å². The summed E-state index contributed by atoms with van der Waals surface area (Å²) in [5, 5.41) is 2.90. The Bertz CT molecular complexity index is 276. The van der Waals surface area contributed by atoms with E-state index in [0.29, 0.717) is 6.54 Å². The van der Waals surface area contributed by atoms with Crippen LogP contribution in [0.4, 0.5) is 0 Å². The first-order valence-corrected chi connectivity index (χ1v) is 5.01. The van der Waals surface area contributed by atoms with Crippen LogP contribution in [-0.4, -0.2) is 48.6 Å². The molecule has 1 N–H and O–H groups in total. The van der Waals surface area contributed by atoms with E-state index in [2.05, 4.69) is 5.32 Å². The lowest BCUT2D eigenvalue weighted by atomic mass is 10.0. The number of nitrogens with zero attached hydrogens (tertiary/aromatic N) is 1. The number of hydrogen-bond acceptors (Lipinski definition) is 4. The van der Waals surface area contributed by atoms with E-state index in [0.717, 1.165) is 0 Å². The largest absolute Gasteiger partial charge is 0.380 e. The highest BCUT2D eigenvalue weighted by Gasteiger charge is 2.40. The Morgan fingerprint density at radius 2 is 2.13 bits per heavy atom. The molecule has 15 heavy (non-hydrogen) atoms. The summed E-state index contributed by atoms with van der Waals surface area (Å²) in [6.07, 6.45) is -0.133. The van der Waals surface area contributed by atoms with Gasteiger partial charge in [-0.3, -0.25) is 19.8 Å². The normalized spacial score (nSPS) is 23.1. The first-order valence-electron chi connectivity index (χ1n) is 5.01. The molecule has 0 bridgehead atoms. The molecule has 0 aromatic carbocycles. The number of amides is 2. The van der Waals surface area contributed by atoms with Gasteiger partial charge in [0.2, 0.25) is 11.8 Å². The molecule has 1 rings (SSSR count). The molecular weight excluding hydrogens is 196 g/mol. The van der Waals surface area contributed by atoms with E-state index in [1.807, 2.05) is 6.92 Å². The molecule has 1 saturated heterocycles. The molecule has 5 heteroatoms. The lowest BCUT2D eigenvalue weighted by molar-refractivity contribution is -0.154. The molecule has 1 aliphatic rings. The minimum atomic E-state index is -0.665. The number of methoxy groups -OCH3 is 1. The van der Waals surface area contributed by atoms with Gasteiger partial charge in [-0.25, -0.2) is 0 Å². The van der Waals surface area contributed by atoms with Gasteiger partial charge in [0.05, 0.1) is 24.7 Å². The maximum Gasteiger partial charge on any atom is 0.249 e. The summed E-state index contributed by atoms with van der Waals surface area (Å²) in [6.45, 7) is 5.89.